The van der Waals surface area contributed by atoms with Gasteiger partial charge in [-0.3, -0.25) is 9.59 Å². The maximum absolute atomic E-state index is 12.4. The average Bonchev–Trinajstić information content (AvgIpc) is 2.91. The first kappa shape index (κ1) is 17.6. The van der Waals surface area contributed by atoms with Crippen molar-refractivity contribution in [1.82, 2.24) is 5.32 Å². The summed E-state index contributed by atoms with van der Waals surface area (Å²) in [5.41, 5.74) is 0. The summed E-state index contributed by atoms with van der Waals surface area (Å²) in [4.78, 5) is 23.0. The van der Waals surface area contributed by atoms with Crippen molar-refractivity contribution in [3.63, 3.8) is 0 Å². The van der Waals surface area contributed by atoms with Gasteiger partial charge < -0.3 is 34.1 Å². The molecule has 1 amide bonds. The number of ether oxygens (including phenoxy) is 5. The van der Waals surface area contributed by atoms with Crippen molar-refractivity contribution >= 4 is 11.9 Å². The third-order valence-electron chi connectivity index (χ3n) is 4.05. The van der Waals surface area contributed by atoms with Gasteiger partial charge in [0.1, 0.15) is 18.3 Å². The number of amides is 1. The van der Waals surface area contributed by atoms with Crippen molar-refractivity contribution in [3.8, 4) is 0 Å². The van der Waals surface area contributed by atoms with Gasteiger partial charge in [-0.25, -0.2) is 0 Å². The minimum absolute atomic E-state index is 0.00656. The molecule has 3 rings (SSSR count). The van der Waals surface area contributed by atoms with Crippen LogP contribution in [0.5, 0.6) is 0 Å². The van der Waals surface area contributed by atoms with Crippen molar-refractivity contribution in [2.75, 3.05) is 6.54 Å². The number of hydrogen-bond acceptors (Lipinski definition) is 7. The molecule has 9 nitrogen and oxygen atoms in total. The summed E-state index contributed by atoms with van der Waals surface area (Å²) in [7, 11) is 0. The molecule has 24 heavy (non-hydrogen) atoms. The molecule has 3 aliphatic heterocycles. The molecule has 3 aliphatic rings. The normalized spacial score (nSPS) is 39.1. The second-order valence-electron chi connectivity index (χ2n) is 7.02. The number of fused-ring (bicyclic) bond motifs is 3. The first-order valence-electron chi connectivity index (χ1n) is 7.94. The molecule has 5 atom stereocenters. The molecular formula is C15H23NO8. The van der Waals surface area contributed by atoms with Crippen LogP contribution in [0.4, 0.5) is 0 Å². The highest BCUT2D eigenvalue weighted by atomic mass is 16.9. The van der Waals surface area contributed by atoms with Gasteiger partial charge in [-0.15, -0.1) is 0 Å². The topological polar surface area (TPSA) is 113 Å². The van der Waals surface area contributed by atoms with E-state index in [0.717, 1.165) is 0 Å². The van der Waals surface area contributed by atoms with Gasteiger partial charge in [0, 0.05) is 6.54 Å². The van der Waals surface area contributed by atoms with E-state index in [-0.39, 0.29) is 13.0 Å². The van der Waals surface area contributed by atoms with Crippen molar-refractivity contribution in [1.29, 1.82) is 0 Å². The smallest absolute Gasteiger partial charge is 0.305 e. The predicted octanol–water partition coefficient (Wildman–Crippen LogP) is -0.0262. The molecule has 3 saturated heterocycles. The van der Waals surface area contributed by atoms with E-state index >= 15 is 0 Å². The van der Waals surface area contributed by atoms with Crippen LogP contribution >= 0.6 is 0 Å². The lowest BCUT2D eigenvalue weighted by molar-refractivity contribution is -0.231. The summed E-state index contributed by atoms with van der Waals surface area (Å²) >= 11 is 0. The zero-order valence-corrected chi connectivity index (χ0v) is 14.1. The molecule has 2 N–H and O–H groups in total. The molecular weight excluding hydrogens is 322 g/mol. The number of carboxylic acid groups (broad SMARTS) is 1. The maximum atomic E-state index is 12.4. The van der Waals surface area contributed by atoms with Crippen LogP contribution in [-0.4, -0.2) is 65.8 Å². The zero-order chi connectivity index (χ0) is 17.7. The Bertz CT molecular complexity index is 534. The Labute approximate surface area is 139 Å². The lowest BCUT2D eigenvalue weighted by atomic mass is 9.98. The number of carbonyl (C=O) groups is 2. The van der Waals surface area contributed by atoms with E-state index in [9.17, 15) is 9.59 Å². The summed E-state index contributed by atoms with van der Waals surface area (Å²) in [5.74, 6) is -3.19. The molecule has 0 aromatic carbocycles. The Morgan fingerprint density at radius 1 is 0.958 bits per heavy atom. The highest BCUT2D eigenvalue weighted by Crippen LogP contribution is 2.44. The first-order chi connectivity index (χ1) is 11.1. The summed E-state index contributed by atoms with van der Waals surface area (Å²) in [6.45, 7) is 7.02. The average molecular weight is 345 g/mol. The molecule has 0 saturated carbocycles. The Balaban J connectivity index is 1.75. The Morgan fingerprint density at radius 2 is 1.54 bits per heavy atom. The predicted molar refractivity (Wildman–Crippen MR) is 77.8 cm³/mol. The van der Waals surface area contributed by atoms with E-state index in [0.29, 0.717) is 0 Å². The van der Waals surface area contributed by atoms with Gasteiger partial charge in [-0.1, -0.05) is 0 Å². The molecule has 3 fully saturated rings. The van der Waals surface area contributed by atoms with Crippen molar-refractivity contribution in [2.45, 2.75) is 76.4 Å². The molecule has 0 bridgehead atoms. The van der Waals surface area contributed by atoms with Crippen LogP contribution in [0, 0.1) is 0 Å². The fraction of sp³-hybridized carbons (Fsp3) is 0.867. The maximum Gasteiger partial charge on any atom is 0.305 e. The Kier molecular flexibility index (Phi) is 4.33. The summed E-state index contributed by atoms with van der Waals surface area (Å²) in [6.07, 6.45) is -3.58. The Hall–Kier alpha value is -1.26. The zero-order valence-electron chi connectivity index (χ0n) is 14.1. The lowest BCUT2D eigenvalue weighted by Gasteiger charge is -2.36. The van der Waals surface area contributed by atoms with Gasteiger partial charge in [0.25, 0.3) is 5.91 Å². The van der Waals surface area contributed by atoms with Gasteiger partial charge in [-0.05, 0) is 27.7 Å². The van der Waals surface area contributed by atoms with Crippen LogP contribution in [0.25, 0.3) is 0 Å². The molecule has 0 aromatic heterocycles. The number of hydrogen-bond donors (Lipinski definition) is 2. The van der Waals surface area contributed by atoms with Crippen molar-refractivity contribution < 1.29 is 38.4 Å². The van der Waals surface area contributed by atoms with Gasteiger partial charge in [0.15, 0.2) is 24.0 Å². The fourth-order valence-corrected chi connectivity index (χ4v) is 3.22. The molecule has 136 valence electrons. The quantitative estimate of drug-likeness (QED) is 0.731. The largest absolute Gasteiger partial charge is 0.481 e. The molecule has 9 heteroatoms. The molecule has 0 unspecified atom stereocenters. The number of rotatable bonds is 4. The third-order valence-corrected chi connectivity index (χ3v) is 4.05. The molecule has 0 spiro atoms. The van der Waals surface area contributed by atoms with Gasteiger partial charge in [-0.2, -0.15) is 0 Å². The lowest BCUT2D eigenvalue weighted by Crippen LogP contribution is -2.59. The van der Waals surface area contributed by atoms with E-state index in [1.807, 2.05) is 0 Å². The minimum atomic E-state index is -0.992. The third kappa shape index (κ3) is 3.40. The van der Waals surface area contributed by atoms with E-state index < -0.39 is 54.2 Å². The van der Waals surface area contributed by atoms with Gasteiger partial charge in [0.2, 0.25) is 0 Å². The van der Waals surface area contributed by atoms with Gasteiger partial charge in [0.05, 0.1) is 6.42 Å². The van der Waals surface area contributed by atoms with Crippen LogP contribution in [0.15, 0.2) is 0 Å². The van der Waals surface area contributed by atoms with Crippen LogP contribution < -0.4 is 5.32 Å². The molecule has 0 aliphatic carbocycles. The summed E-state index contributed by atoms with van der Waals surface area (Å²) < 4.78 is 29.0. The second-order valence-corrected chi connectivity index (χ2v) is 7.02. The highest BCUT2D eigenvalue weighted by molar-refractivity contribution is 5.82. The Morgan fingerprint density at radius 3 is 2.21 bits per heavy atom. The SMILES string of the molecule is CC1(C)O[C@H]2[C@@H](O1)[C@@H](C(=O)NCCC(=O)O)O[C@H]1OC(C)(C)O[C@@H]12. The highest BCUT2D eigenvalue weighted by Gasteiger charge is 2.62. The first-order valence-corrected chi connectivity index (χ1v) is 7.94. The molecule has 0 aromatic rings. The van der Waals surface area contributed by atoms with Crippen LogP contribution in [0.2, 0.25) is 0 Å². The fourth-order valence-electron chi connectivity index (χ4n) is 3.22. The number of nitrogens with one attached hydrogen (secondary N) is 1. The van der Waals surface area contributed by atoms with Crippen LogP contribution in [0.3, 0.4) is 0 Å². The van der Waals surface area contributed by atoms with Crippen LogP contribution in [-0.2, 0) is 33.3 Å². The van der Waals surface area contributed by atoms with Crippen molar-refractivity contribution in [2.24, 2.45) is 0 Å². The number of carboxylic acids is 1. The van der Waals surface area contributed by atoms with Gasteiger partial charge >= 0.3 is 5.97 Å². The van der Waals surface area contributed by atoms with E-state index in [1.165, 1.54) is 0 Å². The number of carbonyl (C=O) groups excluding carboxylic acids is 1. The monoisotopic (exact) mass is 345 g/mol. The minimum Gasteiger partial charge on any atom is -0.481 e. The molecule has 3 heterocycles. The van der Waals surface area contributed by atoms with E-state index in [2.05, 4.69) is 5.32 Å². The van der Waals surface area contributed by atoms with E-state index in [4.69, 9.17) is 28.8 Å². The van der Waals surface area contributed by atoms with Crippen molar-refractivity contribution in [3.05, 3.63) is 0 Å². The number of aliphatic carboxylic acids is 1. The van der Waals surface area contributed by atoms with E-state index in [1.54, 1.807) is 27.7 Å². The standard InChI is InChI=1S/C15H23NO8/c1-14(2)21-8-9(22-14)11-13(24-15(3,4)23-11)20-10(8)12(19)16-6-5-7(17)18/h8-11,13H,5-6H2,1-4H3,(H,16,19)(H,17,18)/t8-,9+,10+,11-,13+/m1/s1. The second kappa shape index (κ2) is 5.92. The summed E-state index contributed by atoms with van der Waals surface area (Å²) in [6, 6.07) is 0. The molecule has 0 radical (unpaired) electrons. The van der Waals surface area contributed by atoms with Crippen LogP contribution in [0.1, 0.15) is 34.1 Å². The summed E-state index contributed by atoms with van der Waals surface area (Å²) in [5, 5.41) is 11.2.